The second-order valence-corrected chi connectivity index (χ2v) is 28.8. The van der Waals surface area contributed by atoms with Crippen LogP contribution in [-0.2, 0) is 52.2 Å². The molecule has 0 spiro atoms. The minimum Gasteiger partial charge on any atom is -0.454 e. The summed E-state index contributed by atoms with van der Waals surface area (Å²) in [5.74, 6) is -0.640. The van der Waals surface area contributed by atoms with Gasteiger partial charge in [-0.2, -0.15) is 0 Å². The van der Waals surface area contributed by atoms with Crippen LogP contribution in [0.1, 0.15) is 127 Å². The Labute approximate surface area is 494 Å². The lowest BCUT2D eigenvalue weighted by molar-refractivity contribution is -0.405. The monoisotopic (exact) mass is 1220 g/mol. The number of rotatable bonds is 12. The van der Waals surface area contributed by atoms with Gasteiger partial charge in [0.25, 0.3) is 0 Å². The topological polar surface area (TPSA) is 413 Å². The van der Waals surface area contributed by atoms with E-state index in [9.17, 15) is 76.6 Å². The quantitative estimate of drug-likeness (QED) is 0.0560. The van der Waals surface area contributed by atoms with Crippen LogP contribution in [0.5, 0.6) is 0 Å². The van der Waals surface area contributed by atoms with Gasteiger partial charge in [0.2, 0.25) is 0 Å². The Morgan fingerprint density at radius 3 is 1.71 bits per heavy atom. The van der Waals surface area contributed by atoms with Gasteiger partial charge < -0.3 is 124 Å². The van der Waals surface area contributed by atoms with Crippen LogP contribution in [-0.4, -0.2) is 256 Å². The number of carbonyl (C=O) groups excluding carboxylic acids is 1. The third-order valence-corrected chi connectivity index (χ3v) is 23.1. The van der Waals surface area contributed by atoms with Crippen LogP contribution in [0.25, 0.3) is 0 Å². The summed E-state index contributed by atoms with van der Waals surface area (Å²) in [7, 11) is 0. The van der Waals surface area contributed by atoms with E-state index < -0.39 is 190 Å². The number of allylic oxidation sites excluding steroid dienone is 2. The van der Waals surface area contributed by atoms with Crippen LogP contribution in [0.15, 0.2) is 11.6 Å². The standard InChI is InChI=1S/C59H96O26/c1-23-32(61)36(65)40(69)48(77-23)82-45-35(64)28(79-47(74)44(45)73)22-76-52-46(39(68)34(63)27(21-60)80-52)83-53(75)59-18-16-54(3,4)20-26(59)25-10-11-30-56(7)14-13-31(55(5,6)29(56)12-15-58(30,9)57(25,8)17-19-59)81-50-42(71)38(67)43(72)51(85-50)84-49-41(70)37(66)33(62)24(2)78-49/h10,23-24,26-52,60-74H,11-22H2,1-9H3. The van der Waals surface area contributed by atoms with E-state index in [0.29, 0.717) is 38.5 Å². The van der Waals surface area contributed by atoms with Crippen molar-refractivity contribution >= 4 is 5.97 Å². The molecule has 5 aliphatic heterocycles. The largest absolute Gasteiger partial charge is 0.454 e. The maximum atomic E-state index is 15.5. The molecule has 0 amide bonds. The minimum atomic E-state index is -1.99. The van der Waals surface area contributed by atoms with Crippen LogP contribution in [0.3, 0.4) is 0 Å². The molecule has 85 heavy (non-hydrogen) atoms. The number of fused-ring (bicyclic) bond motifs is 7. The molecule has 26 nitrogen and oxygen atoms in total. The summed E-state index contributed by atoms with van der Waals surface area (Å²) < 4.78 is 59.1. The SMILES string of the molecule is CC1OC(OC2OC(OC3CCC4(C)C(CCC5(C)C4CC=C4C6CC(C)(C)CCC6(C(=O)OC6C(OCC7OC(O)C(O)C(OC8OC(C)C(O)C(O)C8O)C7O)OC(CO)C(O)C6O)CCC45C)C3(C)C)C(O)C(O)C2O)C(O)C(O)C1O. The van der Waals surface area contributed by atoms with Gasteiger partial charge >= 0.3 is 5.97 Å². The molecule has 4 saturated carbocycles. The van der Waals surface area contributed by atoms with Crippen molar-refractivity contribution in [1.82, 2.24) is 0 Å². The third-order valence-electron chi connectivity index (χ3n) is 23.1. The van der Waals surface area contributed by atoms with E-state index >= 15 is 4.79 Å². The van der Waals surface area contributed by atoms with Gasteiger partial charge in [0, 0.05) is 0 Å². The van der Waals surface area contributed by atoms with Gasteiger partial charge in [-0.05, 0) is 123 Å². The lowest BCUT2D eigenvalue weighted by atomic mass is 9.33. The zero-order valence-corrected chi connectivity index (χ0v) is 50.0. The molecule has 5 heterocycles. The molecule has 15 N–H and O–H groups in total. The summed E-state index contributed by atoms with van der Waals surface area (Å²) in [5.41, 5.74) is -1.48. The molecule has 10 aliphatic rings. The smallest absolute Gasteiger partial charge is 0.313 e. The second kappa shape index (κ2) is 24.1. The highest BCUT2D eigenvalue weighted by Gasteiger charge is 2.70. The molecule has 0 bridgehead atoms. The highest BCUT2D eigenvalue weighted by Crippen LogP contribution is 2.76. The molecule has 0 aromatic carbocycles. The van der Waals surface area contributed by atoms with E-state index in [1.807, 2.05) is 0 Å². The number of aliphatic hydroxyl groups excluding tert-OH is 15. The molecule has 26 heteroatoms. The number of carbonyl (C=O) groups is 1. The van der Waals surface area contributed by atoms with Crippen LogP contribution in [0.4, 0.5) is 0 Å². The molecule has 10 rings (SSSR count). The van der Waals surface area contributed by atoms with Gasteiger partial charge in [-0.3, -0.25) is 4.79 Å². The molecule has 488 valence electrons. The molecule has 5 saturated heterocycles. The average molecular weight is 1220 g/mol. The van der Waals surface area contributed by atoms with Crippen LogP contribution in [0.2, 0.25) is 0 Å². The summed E-state index contributed by atoms with van der Waals surface area (Å²) in [6.07, 6.45) is -32.3. The molecular weight excluding hydrogens is 1120 g/mol. The van der Waals surface area contributed by atoms with E-state index in [2.05, 4.69) is 54.5 Å². The predicted octanol–water partition coefficient (Wildman–Crippen LogP) is -2.20. The first-order valence-electron chi connectivity index (χ1n) is 30.6. The Kier molecular flexibility index (Phi) is 18.7. The molecule has 9 fully saturated rings. The molecular formula is C59H96O26. The summed E-state index contributed by atoms with van der Waals surface area (Å²) in [5, 5.41) is 162. The van der Waals surface area contributed by atoms with Gasteiger partial charge in [0.15, 0.2) is 43.8 Å². The number of esters is 1. The zero-order chi connectivity index (χ0) is 62.2. The highest BCUT2D eigenvalue weighted by molar-refractivity contribution is 5.79. The van der Waals surface area contributed by atoms with Crippen molar-refractivity contribution in [2.24, 2.45) is 50.2 Å². The van der Waals surface area contributed by atoms with Crippen LogP contribution >= 0.6 is 0 Å². The Hall–Kier alpha value is -1.75. The number of ether oxygens (including phenoxy) is 10. The number of aliphatic hydroxyl groups is 15. The van der Waals surface area contributed by atoms with Gasteiger partial charge in [-0.1, -0.05) is 60.1 Å². The molecule has 33 atom stereocenters. The summed E-state index contributed by atoms with van der Waals surface area (Å²) >= 11 is 0. The Morgan fingerprint density at radius 2 is 1.09 bits per heavy atom. The summed E-state index contributed by atoms with van der Waals surface area (Å²) in [4.78, 5) is 15.5. The van der Waals surface area contributed by atoms with E-state index in [1.165, 1.54) is 19.4 Å². The van der Waals surface area contributed by atoms with E-state index in [-0.39, 0.29) is 39.4 Å². The van der Waals surface area contributed by atoms with Crippen molar-refractivity contribution in [1.29, 1.82) is 0 Å². The molecule has 5 aliphatic carbocycles. The first-order chi connectivity index (χ1) is 39.7. The second-order valence-electron chi connectivity index (χ2n) is 28.8. The van der Waals surface area contributed by atoms with Crippen molar-refractivity contribution in [2.75, 3.05) is 13.2 Å². The lowest BCUT2D eigenvalue weighted by Gasteiger charge is -2.71. The summed E-state index contributed by atoms with van der Waals surface area (Å²) in [6.45, 7) is 17.2. The first kappa shape index (κ1) is 66.2. The minimum absolute atomic E-state index is 0.101. The van der Waals surface area contributed by atoms with E-state index in [0.717, 1.165) is 25.7 Å². The van der Waals surface area contributed by atoms with Crippen molar-refractivity contribution in [2.45, 2.75) is 286 Å². The fourth-order valence-electron chi connectivity index (χ4n) is 17.5. The van der Waals surface area contributed by atoms with Crippen LogP contribution < -0.4 is 0 Å². The number of hydrogen-bond acceptors (Lipinski definition) is 26. The Bertz CT molecular complexity index is 2380. The Morgan fingerprint density at radius 1 is 0.529 bits per heavy atom. The highest BCUT2D eigenvalue weighted by atomic mass is 16.8. The predicted molar refractivity (Wildman–Crippen MR) is 288 cm³/mol. The summed E-state index contributed by atoms with van der Waals surface area (Å²) in [6, 6.07) is 0. The van der Waals surface area contributed by atoms with Gasteiger partial charge in [-0.25, -0.2) is 0 Å². The fraction of sp³-hybridized carbons (Fsp3) is 0.949. The fourth-order valence-corrected chi connectivity index (χ4v) is 17.5. The van der Waals surface area contributed by atoms with Crippen molar-refractivity contribution in [3.8, 4) is 0 Å². The third kappa shape index (κ3) is 11.1. The van der Waals surface area contributed by atoms with E-state index in [1.54, 1.807) is 0 Å². The van der Waals surface area contributed by atoms with Crippen LogP contribution in [0, 0.1) is 50.2 Å². The first-order valence-corrected chi connectivity index (χ1v) is 30.6. The van der Waals surface area contributed by atoms with Gasteiger partial charge in [0.1, 0.15) is 97.7 Å². The molecule has 0 aromatic heterocycles. The normalized spacial score (nSPS) is 55.0. The lowest BCUT2D eigenvalue weighted by Crippen LogP contribution is -2.66. The average Bonchev–Trinajstić information content (AvgIpc) is 0.755. The molecule has 33 unspecified atom stereocenters. The maximum Gasteiger partial charge on any atom is 0.313 e. The van der Waals surface area contributed by atoms with Gasteiger partial charge in [0.05, 0.1) is 36.9 Å². The molecule has 0 radical (unpaired) electrons. The van der Waals surface area contributed by atoms with Crippen molar-refractivity contribution < 1.29 is 129 Å². The van der Waals surface area contributed by atoms with Crippen molar-refractivity contribution in [3.63, 3.8) is 0 Å². The van der Waals surface area contributed by atoms with Crippen molar-refractivity contribution in [3.05, 3.63) is 11.6 Å². The Balaban J connectivity index is 0.854. The zero-order valence-electron chi connectivity index (χ0n) is 50.0. The van der Waals surface area contributed by atoms with Gasteiger partial charge in [-0.15, -0.1) is 0 Å². The maximum absolute atomic E-state index is 15.5. The molecule has 0 aromatic rings. The number of hydrogen-bond donors (Lipinski definition) is 15. The van der Waals surface area contributed by atoms with E-state index in [4.69, 9.17) is 47.4 Å².